The minimum Gasteiger partial charge on any atom is -0.334 e. The highest BCUT2D eigenvalue weighted by Crippen LogP contribution is 2.12. The molecule has 0 atom stereocenters. The van der Waals surface area contributed by atoms with Crippen LogP contribution in [-0.2, 0) is 6.54 Å². The molecule has 84 valence electrons. The zero-order chi connectivity index (χ0) is 11.4. The van der Waals surface area contributed by atoms with Crippen LogP contribution in [0.3, 0.4) is 0 Å². The van der Waals surface area contributed by atoms with Gasteiger partial charge in [0, 0.05) is 30.4 Å². The molecule has 0 saturated heterocycles. The minimum absolute atomic E-state index is 0.263. The summed E-state index contributed by atoms with van der Waals surface area (Å²) in [5, 5.41) is 6.86. The Hall–Kier alpha value is -1.98. The molecule has 2 aromatic heterocycles. The van der Waals surface area contributed by atoms with E-state index in [2.05, 4.69) is 25.4 Å². The van der Waals surface area contributed by atoms with Crippen LogP contribution < -0.4 is 5.32 Å². The molecule has 0 aromatic carbocycles. The van der Waals surface area contributed by atoms with Crippen LogP contribution >= 0.6 is 0 Å². The Morgan fingerprint density at radius 3 is 2.69 bits per heavy atom. The fourth-order valence-corrected chi connectivity index (χ4v) is 1.14. The van der Waals surface area contributed by atoms with Gasteiger partial charge in [0.25, 0.3) is 0 Å². The van der Waals surface area contributed by atoms with Crippen LogP contribution in [0.1, 0.15) is 31.2 Å². The maximum absolute atomic E-state index is 5.03. The van der Waals surface area contributed by atoms with Gasteiger partial charge in [-0.25, -0.2) is 9.97 Å². The average Bonchev–Trinajstić information content (AvgIpc) is 2.76. The van der Waals surface area contributed by atoms with Gasteiger partial charge < -0.3 is 9.84 Å². The zero-order valence-corrected chi connectivity index (χ0v) is 9.21. The van der Waals surface area contributed by atoms with Crippen LogP contribution in [0, 0.1) is 0 Å². The molecular weight excluding hydrogens is 206 g/mol. The van der Waals surface area contributed by atoms with E-state index in [4.69, 9.17) is 4.52 Å². The Kier molecular flexibility index (Phi) is 3.09. The molecule has 16 heavy (non-hydrogen) atoms. The van der Waals surface area contributed by atoms with Gasteiger partial charge in [-0.1, -0.05) is 19.0 Å². The summed E-state index contributed by atoms with van der Waals surface area (Å²) in [6.07, 6.45) is 4.96. The number of nitrogens with one attached hydrogen (secondary N) is 1. The molecule has 6 heteroatoms. The van der Waals surface area contributed by atoms with E-state index >= 15 is 0 Å². The summed E-state index contributed by atoms with van der Waals surface area (Å²) in [6.45, 7) is 4.60. The van der Waals surface area contributed by atoms with E-state index in [0.29, 0.717) is 18.4 Å². The van der Waals surface area contributed by atoms with Crippen molar-refractivity contribution in [3.05, 3.63) is 30.1 Å². The van der Waals surface area contributed by atoms with Gasteiger partial charge in [0.2, 0.25) is 0 Å². The summed E-state index contributed by atoms with van der Waals surface area (Å²) in [7, 11) is 0. The predicted octanol–water partition coefficient (Wildman–Crippen LogP) is 1.60. The monoisotopic (exact) mass is 219 g/mol. The third-order valence-corrected chi connectivity index (χ3v) is 2.02. The lowest BCUT2D eigenvalue weighted by molar-refractivity contribution is 0.419. The van der Waals surface area contributed by atoms with E-state index in [1.165, 1.54) is 6.33 Å². The number of anilines is 1. The average molecular weight is 219 g/mol. The zero-order valence-electron chi connectivity index (χ0n) is 9.21. The predicted molar refractivity (Wildman–Crippen MR) is 57.7 cm³/mol. The molecule has 0 aliphatic carbocycles. The molecule has 1 N–H and O–H groups in total. The maximum atomic E-state index is 5.03. The topological polar surface area (TPSA) is 76.7 Å². The second-order valence-corrected chi connectivity index (χ2v) is 3.71. The molecular formula is C10H13N5O. The fourth-order valence-electron chi connectivity index (χ4n) is 1.14. The van der Waals surface area contributed by atoms with E-state index in [-0.39, 0.29) is 5.92 Å². The lowest BCUT2D eigenvalue weighted by Crippen LogP contribution is -2.00. The van der Waals surface area contributed by atoms with Crippen molar-refractivity contribution in [3.63, 3.8) is 0 Å². The number of hydrogen-bond donors (Lipinski definition) is 1. The summed E-state index contributed by atoms with van der Waals surface area (Å²) in [4.78, 5) is 12.0. The lowest BCUT2D eigenvalue weighted by atomic mass is 10.2. The quantitative estimate of drug-likeness (QED) is 0.841. The number of rotatable bonds is 4. The molecule has 0 aliphatic rings. The number of hydrogen-bond acceptors (Lipinski definition) is 6. The van der Waals surface area contributed by atoms with Gasteiger partial charge in [-0.2, -0.15) is 4.98 Å². The molecule has 0 bridgehead atoms. The highest BCUT2D eigenvalue weighted by molar-refractivity contribution is 5.21. The SMILES string of the molecule is CC(C)c1noc(NCc2cncnc2)n1. The van der Waals surface area contributed by atoms with Crippen molar-refractivity contribution in [2.45, 2.75) is 26.3 Å². The van der Waals surface area contributed by atoms with Crippen LogP contribution in [0.15, 0.2) is 23.2 Å². The fraction of sp³-hybridized carbons (Fsp3) is 0.400. The Bertz CT molecular complexity index is 439. The molecule has 0 aliphatic heterocycles. The summed E-state index contributed by atoms with van der Waals surface area (Å²) < 4.78 is 5.03. The van der Waals surface area contributed by atoms with Crippen molar-refractivity contribution < 1.29 is 4.52 Å². The van der Waals surface area contributed by atoms with Crippen molar-refractivity contribution in [1.29, 1.82) is 0 Å². The van der Waals surface area contributed by atoms with E-state index in [9.17, 15) is 0 Å². The van der Waals surface area contributed by atoms with Gasteiger partial charge in [-0.15, -0.1) is 0 Å². The van der Waals surface area contributed by atoms with E-state index < -0.39 is 0 Å². The third-order valence-electron chi connectivity index (χ3n) is 2.02. The standard InChI is InChI=1S/C10H13N5O/c1-7(2)9-14-10(16-15-9)13-5-8-3-11-6-12-4-8/h3-4,6-7H,5H2,1-2H3,(H,13,14,15). The Morgan fingerprint density at radius 2 is 2.06 bits per heavy atom. The first-order valence-corrected chi connectivity index (χ1v) is 5.07. The van der Waals surface area contributed by atoms with Gasteiger partial charge in [0.1, 0.15) is 6.33 Å². The van der Waals surface area contributed by atoms with Gasteiger partial charge in [0.15, 0.2) is 5.82 Å². The Balaban J connectivity index is 1.95. The van der Waals surface area contributed by atoms with Crippen molar-refractivity contribution >= 4 is 6.01 Å². The van der Waals surface area contributed by atoms with Crippen molar-refractivity contribution in [2.75, 3.05) is 5.32 Å². The first-order chi connectivity index (χ1) is 7.75. The summed E-state index contributed by atoms with van der Waals surface area (Å²) in [6, 6.07) is 0.424. The van der Waals surface area contributed by atoms with Gasteiger partial charge in [-0.05, 0) is 0 Å². The van der Waals surface area contributed by atoms with E-state index in [1.807, 2.05) is 13.8 Å². The van der Waals surface area contributed by atoms with Crippen molar-refractivity contribution in [1.82, 2.24) is 20.1 Å². The first-order valence-electron chi connectivity index (χ1n) is 5.07. The minimum atomic E-state index is 0.263. The van der Waals surface area contributed by atoms with E-state index in [0.717, 1.165) is 5.56 Å². The van der Waals surface area contributed by atoms with Gasteiger partial charge in [0.05, 0.1) is 0 Å². The van der Waals surface area contributed by atoms with Crippen molar-refractivity contribution in [3.8, 4) is 0 Å². The maximum Gasteiger partial charge on any atom is 0.321 e. The molecule has 6 nitrogen and oxygen atoms in total. The summed E-state index contributed by atoms with van der Waals surface area (Å²) in [5.41, 5.74) is 0.965. The Morgan fingerprint density at radius 1 is 1.31 bits per heavy atom. The van der Waals surface area contributed by atoms with Crippen LogP contribution in [0.25, 0.3) is 0 Å². The van der Waals surface area contributed by atoms with Crippen LogP contribution in [-0.4, -0.2) is 20.1 Å². The second kappa shape index (κ2) is 4.69. The lowest BCUT2D eigenvalue weighted by Gasteiger charge is -1.99. The second-order valence-electron chi connectivity index (χ2n) is 3.71. The number of aromatic nitrogens is 4. The van der Waals surface area contributed by atoms with Crippen LogP contribution in [0.2, 0.25) is 0 Å². The highest BCUT2D eigenvalue weighted by atomic mass is 16.5. The smallest absolute Gasteiger partial charge is 0.321 e. The normalized spacial score (nSPS) is 10.7. The molecule has 0 amide bonds. The Labute approximate surface area is 93.1 Å². The first kappa shape index (κ1) is 10.5. The molecule has 0 radical (unpaired) electrons. The molecule has 0 spiro atoms. The molecule has 2 rings (SSSR count). The van der Waals surface area contributed by atoms with Crippen molar-refractivity contribution in [2.24, 2.45) is 0 Å². The van der Waals surface area contributed by atoms with Gasteiger partial charge in [-0.3, -0.25) is 0 Å². The molecule has 0 fully saturated rings. The van der Waals surface area contributed by atoms with Crippen LogP contribution in [0.4, 0.5) is 6.01 Å². The largest absolute Gasteiger partial charge is 0.334 e. The molecule has 0 saturated carbocycles. The number of nitrogens with zero attached hydrogens (tertiary/aromatic N) is 4. The summed E-state index contributed by atoms with van der Waals surface area (Å²) in [5.74, 6) is 0.964. The third kappa shape index (κ3) is 2.53. The van der Waals surface area contributed by atoms with Gasteiger partial charge >= 0.3 is 6.01 Å². The van der Waals surface area contributed by atoms with Crippen LogP contribution in [0.5, 0.6) is 0 Å². The molecule has 2 heterocycles. The summed E-state index contributed by atoms with van der Waals surface area (Å²) >= 11 is 0. The van der Waals surface area contributed by atoms with E-state index in [1.54, 1.807) is 12.4 Å². The molecule has 0 unspecified atom stereocenters. The molecule has 2 aromatic rings. The highest BCUT2D eigenvalue weighted by Gasteiger charge is 2.08.